The van der Waals surface area contributed by atoms with Crippen molar-refractivity contribution in [1.29, 1.82) is 0 Å². The van der Waals surface area contributed by atoms with E-state index in [0.29, 0.717) is 19.2 Å². The minimum atomic E-state index is -4.01. The summed E-state index contributed by atoms with van der Waals surface area (Å²) in [5.41, 5.74) is 4.30. The molecule has 4 rings (SSSR count). The van der Waals surface area contributed by atoms with Crippen LogP contribution in [-0.2, 0) is 10.0 Å². The molecule has 0 saturated carbocycles. The molecule has 0 radical (unpaired) electrons. The van der Waals surface area contributed by atoms with Gasteiger partial charge in [0, 0.05) is 43.2 Å². The first-order valence-electron chi connectivity index (χ1n) is 9.48. The van der Waals surface area contributed by atoms with Crippen LogP contribution in [0.4, 0.5) is 13.9 Å². The van der Waals surface area contributed by atoms with Gasteiger partial charge in [0.05, 0.1) is 5.69 Å². The van der Waals surface area contributed by atoms with Crippen LogP contribution in [0.3, 0.4) is 0 Å². The molecule has 1 saturated heterocycles. The van der Waals surface area contributed by atoms with Crippen LogP contribution in [0.1, 0.15) is 11.1 Å². The van der Waals surface area contributed by atoms with Crippen LogP contribution >= 0.6 is 11.3 Å². The lowest BCUT2D eigenvalue weighted by Gasteiger charge is -2.33. The maximum absolute atomic E-state index is 14.0. The molecule has 0 N–H and O–H groups in total. The smallest absolute Gasteiger partial charge is 0.246 e. The Balaban J connectivity index is 1.48. The number of anilines is 1. The van der Waals surface area contributed by atoms with Crippen LogP contribution in [0, 0.1) is 25.5 Å². The van der Waals surface area contributed by atoms with Crippen molar-refractivity contribution in [3.8, 4) is 11.3 Å². The van der Waals surface area contributed by atoms with E-state index in [1.807, 2.05) is 24.1 Å². The Morgan fingerprint density at radius 3 is 2.27 bits per heavy atom. The molecule has 5 nitrogen and oxygen atoms in total. The molecular weight excluding hydrogens is 428 g/mol. The summed E-state index contributed by atoms with van der Waals surface area (Å²) in [7, 11) is -4.01. The van der Waals surface area contributed by atoms with Gasteiger partial charge in [-0.05, 0) is 38.1 Å². The van der Waals surface area contributed by atoms with Crippen LogP contribution in [0.15, 0.2) is 46.7 Å². The van der Waals surface area contributed by atoms with Crippen molar-refractivity contribution in [1.82, 2.24) is 9.29 Å². The van der Waals surface area contributed by atoms with Crippen molar-refractivity contribution in [3.05, 3.63) is 64.5 Å². The maximum atomic E-state index is 14.0. The first kappa shape index (κ1) is 20.9. The molecular formula is C21H21F2N3O2S2. The van der Waals surface area contributed by atoms with Crippen molar-refractivity contribution >= 4 is 26.5 Å². The number of nitrogens with zero attached hydrogens (tertiary/aromatic N) is 3. The quantitative estimate of drug-likeness (QED) is 0.599. The second kappa shape index (κ2) is 8.05. The van der Waals surface area contributed by atoms with Crippen LogP contribution in [-0.4, -0.2) is 43.9 Å². The van der Waals surface area contributed by atoms with Crippen LogP contribution in [0.5, 0.6) is 0 Å². The van der Waals surface area contributed by atoms with E-state index in [9.17, 15) is 17.2 Å². The second-order valence-corrected chi connectivity index (χ2v) is 10.1. The lowest BCUT2D eigenvalue weighted by molar-refractivity contribution is 0.382. The summed E-state index contributed by atoms with van der Waals surface area (Å²) in [5, 5.41) is 2.83. The van der Waals surface area contributed by atoms with Crippen molar-refractivity contribution in [2.75, 3.05) is 31.1 Å². The summed E-state index contributed by atoms with van der Waals surface area (Å²) in [6, 6.07) is 8.81. The highest BCUT2D eigenvalue weighted by atomic mass is 32.2. The van der Waals surface area contributed by atoms with Crippen molar-refractivity contribution in [3.63, 3.8) is 0 Å². The molecule has 2 heterocycles. The molecule has 0 bridgehead atoms. The molecule has 1 aromatic heterocycles. The number of halogens is 2. The molecule has 1 aliphatic rings. The van der Waals surface area contributed by atoms with Gasteiger partial charge in [-0.25, -0.2) is 22.2 Å². The Kier molecular flexibility index (Phi) is 5.61. The fourth-order valence-electron chi connectivity index (χ4n) is 3.61. The third-order valence-corrected chi connectivity index (χ3v) is 7.86. The largest absolute Gasteiger partial charge is 0.345 e. The van der Waals surface area contributed by atoms with Gasteiger partial charge in [-0.2, -0.15) is 4.31 Å². The molecule has 3 aromatic rings. The zero-order valence-electron chi connectivity index (χ0n) is 16.6. The average molecular weight is 450 g/mol. The first-order valence-corrected chi connectivity index (χ1v) is 11.8. The number of rotatable bonds is 4. The standard InChI is InChI=1S/C21H21F2N3O2S2/c1-14-9-15(2)11-16(10-14)19-13-29-21(24-19)25-5-7-26(8-6-25)30(27,28)20-4-3-17(22)12-18(20)23/h3-4,9-13H,5-8H2,1-2H3. The van der Waals surface area contributed by atoms with E-state index in [1.165, 1.54) is 26.8 Å². The van der Waals surface area contributed by atoms with E-state index in [2.05, 4.69) is 18.2 Å². The monoisotopic (exact) mass is 449 g/mol. The number of sulfonamides is 1. The number of aryl methyl sites for hydroxylation is 2. The number of thiazole rings is 1. The Morgan fingerprint density at radius 1 is 0.967 bits per heavy atom. The second-order valence-electron chi connectivity index (χ2n) is 7.36. The van der Waals surface area contributed by atoms with Crippen LogP contribution in [0.2, 0.25) is 0 Å². The zero-order valence-corrected chi connectivity index (χ0v) is 18.2. The molecule has 0 aliphatic carbocycles. The van der Waals surface area contributed by atoms with Gasteiger partial charge < -0.3 is 4.90 Å². The summed E-state index contributed by atoms with van der Waals surface area (Å²) in [6.45, 7) is 5.40. The fourth-order valence-corrected chi connectivity index (χ4v) is 5.96. The Bertz CT molecular complexity index is 1170. The Hall–Kier alpha value is -2.36. The highest BCUT2D eigenvalue weighted by molar-refractivity contribution is 7.89. The molecule has 0 atom stereocenters. The third-order valence-electron chi connectivity index (χ3n) is 5.03. The lowest BCUT2D eigenvalue weighted by Crippen LogP contribution is -2.48. The van der Waals surface area contributed by atoms with E-state index in [0.717, 1.165) is 28.5 Å². The maximum Gasteiger partial charge on any atom is 0.246 e. The minimum absolute atomic E-state index is 0.206. The van der Waals surface area contributed by atoms with Gasteiger partial charge in [-0.1, -0.05) is 17.2 Å². The fraction of sp³-hybridized carbons (Fsp3) is 0.286. The summed E-state index contributed by atoms with van der Waals surface area (Å²) < 4.78 is 53.9. The molecule has 9 heteroatoms. The van der Waals surface area contributed by atoms with Gasteiger partial charge in [-0.15, -0.1) is 11.3 Å². The van der Waals surface area contributed by atoms with Crippen molar-refractivity contribution in [2.45, 2.75) is 18.7 Å². The van der Waals surface area contributed by atoms with E-state index < -0.39 is 26.6 Å². The first-order chi connectivity index (χ1) is 14.2. The summed E-state index contributed by atoms with van der Waals surface area (Å²) >= 11 is 1.52. The molecule has 1 fully saturated rings. The normalized spacial score (nSPS) is 15.5. The SMILES string of the molecule is Cc1cc(C)cc(-c2csc(N3CCN(S(=O)(=O)c4ccc(F)cc4F)CC3)n2)c1. The highest BCUT2D eigenvalue weighted by Gasteiger charge is 2.31. The van der Waals surface area contributed by atoms with Crippen molar-refractivity contribution in [2.24, 2.45) is 0 Å². The van der Waals surface area contributed by atoms with Gasteiger partial charge in [0.1, 0.15) is 16.5 Å². The van der Waals surface area contributed by atoms with Gasteiger partial charge in [0.2, 0.25) is 10.0 Å². The summed E-state index contributed by atoms with van der Waals surface area (Å²) in [5.74, 6) is -1.88. The topological polar surface area (TPSA) is 53.5 Å². The molecule has 2 aromatic carbocycles. The van der Waals surface area contributed by atoms with E-state index in [1.54, 1.807) is 0 Å². The number of benzene rings is 2. The third kappa shape index (κ3) is 4.10. The number of piperazine rings is 1. The van der Waals surface area contributed by atoms with E-state index in [4.69, 9.17) is 4.98 Å². The average Bonchev–Trinajstić information content (AvgIpc) is 3.17. The summed E-state index contributed by atoms with van der Waals surface area (Å²) in [6.07, 6.45) is 0. The van der Waals surface area contributed by atoms with Crippen LogP contribution < -0.4 is 4.90 Å². The molecule has 1 aliphatic heterocycles. The number of hydrogen-bond donors (Lipinski definition) is 0. The Morgan fingerprint density at radius 2 is 1.63 bits per heavy atom. The molecule has 0 spiro atoms. The van der Waals surface area contributed by atoms with Gasteiger partial charge in [-0.3, -0.25) is 0 Å². The summed E-state index contributed by atoms with van der Waals surface area (Å²) in [4.78, 5) is 6.27. The molecule has 30 heavy (non-hydrogen) atoms. The zero-order chi connectivity index (χ0) is 21.5. The number of aromatic nitrogens is 1. The predicted octanol–water partition coefficient (Wildman–Crippen LogP) is 4.22. The van der Waals surface area contributed by atoms with E-state index in [-0.39, 0.29) is 13.1 Å². The van der Waals surface area contributed by atoms with Crippen molar-refractivity contribution < 1.29 is 17.2 Å². The predicted molar refractivity (Wildman–Crippen MR) is 114 cm³/mol. The molecule has 0 amide bonds. The highest BCUT2D eigenvalue weighted by Crippen LogP contribution is 2.30. The lowest BCUT2D eigenvalue weighted by atomic mass is 10.1. The van der Waals surface area contributed by atoms with Crippen LogP contribution in [0.25, 0.3) is 11.3 Å². The molecule has 0 unspecified atom stereocenters. The van der Waals surface area contributed by atoms with Gasteiger partial charge in [0.15, 0.2) is 5.13 Å². The number of hydrogen-bond acceptors (Lipinski definition) is 5. The van der Waals surface area contributed by atoms with Gasteiger partial charge in [0.25, 0.3) is 0 Å². The van der Waals surface area contributed by atoms with Gasteiger partial charge >= 0.3 is 0 Å². The van der Waals surface area contributed by atoms with E-state index >= 15 is 0 Å². The Labute approximate surface area is 178 Å². The minimum Gasteiger partial charge on any atom is -0.345 e. The molecule has 158 valence electrons.